The Balaban J connectivity index is 2.51. The minimum absolute atomic E-state index is 0.716. The summed E-state index contributed by atoms with van der Waals surface area (Å²) in [7, 11) is 0. The van der Waals surface area contributed by atoms with Gasteiger partial charge in [0.25, 0.3) is 0 Å². The lowest BCUT2D eigenvalue weighted by molar-refractivity contribution is 0.691. The third-order valence-electron chi connectivity index (χ3n) is 3.86. The van der Waals surface area contributed by atoms with Crippen LogP contribution in [0.25, 0.3) is 11.3 Å². The molecule has 0 saturated carbocycles. The average Bonchev–Trinajstić information content (AvgIpc) is 2.44. The van der Waals surface area contributed by atoms with Crippen molar-refractivity contribution in [1.29, 1.82) is 0 Å². The average molecular weight is 269 g/mol. The Labute approximate surface area is 121 Å². The largest absolute Gasteiger partial charge is 0.310 e. The second-order valence-electron chi connectivity index (χ2n) is 5.27. The number of nitrogens with one attached hydrogen (secondary N) is 1. The molecule has 106 valence electrons. The third kappa shape index (κ3) is 2.88. The van der Waals surface area contributed by atoms with E-state index in [1.807, 2.05) is 12.3 Å². The number of rotatable bonds is 4. The second kappa shape index (κ2) is 6.14. The van der Waals surface area contributed by atoms with Gasteiger partial charge in [0.05, 0.1) is 12.2 Å². The van der Waals surface area contributed by atoms with E-state index in [-0.39, 0.29) is 0 Å². The van der Waals surface area contributed by atoms with Crippen LogP contribution in [0.5, 0.6) is 0 Å². The molecule has 0 atom stereocenters. The van der Waals surface area contributed by atoms with Crippen molar-refractivity contribution in [3.05, 3.63) is 46.4 Å². The first kappa shape index (κ1) is 14.7. The van der Waals surface area contributed by atoms with Crippen LogP contribution >= 0.6 is 0 Å². The van der Waals surface area contributed by atoms with E-state index >= 15 is 0 Å². The topological polar surface area (TPSA) is 37.8 Å². The molecule has 0 aliphatic heterocycles. The van der Waals surface area contributed by atoms with Crippen LogP contribution in [-0.4, -0.2) is 16.5 Å². The summed E-state index contributed by atoms with van der Waals surface area (Å²) in [5, 5.41) is 3.27. The predicted molar refractivity (Wildman–Crippen MR) is 83.8 cm³/mol. The van der Waals surface area contributed by atoms with Gasteiger partial charge < -0.3 is 5.32 Å². The molecule has 1 heterocycles. The van der Waals surface area contributed by atoms with E-state index in [1.165, 1.54) is 27.8 Å². The summed E-state index contributed by atoms with van der Waals surface area (Å²) in [5.74, 6) is 0.849. The van der Waals surface area contributed by atoms with Crippen LogP contribution in [0.3, 0.4) is 0 Å². The lowest BCUT2D eigenvalue weighted by Gasteiger charge is -2.15. The van der Waals surface area contributed by atoms with Gasteiger partial charge >= 0.3 is 0 Å². The molecule has 0 fully saturated rings. The molecule has 3 heteroatoms. The Morgan fingerprint density at radius 1 is 1.05 bits per heavy atom. The standard InChI is InChI=1S/C17H23N3/c1-6-18-10-16-19-8-7-15(20-16)17-13(4)11(2)9-12(3)14(17)5/h7-9,18H,6,10H2,1-5H3. The number of hydrogen-bond donors (Lipinski definition) is 1. The molecule has 0 saturated heterocycles. The van der Waals surface area contributed by atoms with Gasteiger partial charge in [0, 0.05) is 11.8 Å². The molecule has 0 spiro atoms. The van der Waals surface area contributed by atoms with Gasteiger partial charge in [-0.3, -0.25) is 0 Å². The van der Waals surface area contributed by atoms with E-state index in [0.717, 1.165) is 18.1 Å². The van der Waals surface area contributed by atoms with Crippen LogP contribution in [0.4, 0.5) is 0 Å². The summed E-state index contributed by atoms with van der Waals surface area (Å²) in [5.41, 5.74) is 7.52. The number of benzene rings is 1. The van der Waals surface area contributed by atoms with Crippen molar-refractivity contribution in [3.8, 4) is 11.3 Å². The quantitative estimate of drug-likeness (QED) is 0.923. The fraction of sp³-hybridized carbons (Fsp3) is 0.412. The van der Waals surface area contributed by atoms with Crippen molar-refractivity contribution in [3.63, 3.8) is 0 Å². The summed E-state index contributed by atoms with van der Waals surface area (Å²) in [6.45, 7) is 12.4. The van der Waals surface area contributed by atoms with E-state index < -0.39 is 0 Å². The maximum atomic E-state index is 4.71. The summed E-state index contributed by atoms with van der Waals surface area (Å²) in [6, 6.07) is 4.25. The van der Waals surface area contributed by atoms with Gasteiger partial charge in [-0.2, -0.15) is 0 Å². The molecule has 20 heavy (non-hydrogen) atoms. The summed E-state index contributed by atoms with van der Waals surface area (Å²) >= 11 is 0. The molecule has 0 radical (unpaired) electrons. The summed E-state index contributed by atoms with van der Waals surface area (Å²) in [6.07, 6.45) is 1.85. The number of aromatic nitrogens is 2. The molecule has 0 aliphatic rings. The SMILES string of the molecule is CCNCc1nccc(-c2c(C)c(C)cc(C)c2C)n1. The highest BCUT2D eigenvalue weighted by molar-refractivity contribution is 5.70. The van der Waals surface area contributed by atoms with E-state index in [9.17, 15) is 0 Å². The lowest BCUT2D eigenvalue weighted by atomic mass is 9.92. The molecule has 1 aromatic heterocycles. The highest BCUT2D eigenvalue weighted by Crippen LogP contribution is 2.30. The smallest absolute Gasteiger partial charge is 0.142 e. The second-order valence-corrected chi connectivity index (χ2v) is 5.27. The minimum atomic E-state index is 0.716. The fourth-order valence-corrected chi connectivity index (χ4v) is 2.46. The van der Waals surface area contributed by atoms with E-state index in [0.29, 0.717) is 6.54 Å². The first-order valence-corrected chi connectivity index (χ1v) is 7.15. The molecule has 1 aromatic carbocycles. The molecule has 2 aromatic rings. The Bertz CT molecular complexity index is 592. The molecule has 0 amide bonds. The Morgan fingerprint density at radius 2 is 1.70 bits per heavy atom. The lowest BCUT2D eigenvalue weighted by Crippen LogP contribution is -2.14. The van der Waals surface area contributed by atoms with Gasteiger partial charge in [-0.1, -0.05) is 13.0 Å². The van der Waals surface area contributed by atoms with Crippen LogP contribution in [0.1, 0.15) is 35.0 Å². The van der Waals surface area contributed by atoms with Gasteiger partial charge in [0.2, 0.25) is 0 Å². The summed E-state index contributed by atoms with van der Waals surface area (Å²) in [4.78, 5) is 9.04. The van der Waals surface area contributed by atoms with Crippen molar-refractivity contribution in [2.75, 3.05) is 6.54 Å². The zero-order valence-electron chi connectivity index (χ0n) is 13.0. The van der Waals surface area contributed by atoms with Gasteiger partial charge in [-0.25, -0.2) is 9.97 Å². The van der Waals surface area contributed by atoms with Crippen LogP contribution in [0.2, 0.25) is 0 Å². The summed E-state index contributed by atoms with van der Waals surface area (Å²) < 4.78 is 0. The zero-order valence-corrected chi connectivity index (χ0v) is 13.0. The van der Waals surface area contributed by atoms with Crippen LogP contribution in [0, 0.1) is 27.7 Å². The van der Waals surface area contributed by atoms with Gasteiger partial charge in [0.15, 0.2) is 0 Å². The monoisotopic (exact) mass is 269 g/mol. The molecule has 0 aliphatic carbocycles. The molecule has 1 N–H and O–H groups in total. The Morgan fingerprint density at radius 3 is 2.30 bits per heavy atom. The first-order chi connectivity index (χ1) is 9.54. The van der Waals surface area contributed by atoms with Gasteiger partial charge in [0.1, 0.15) is 5.82 Å². The molecule has 0 unspecified atom stereocenters. The van der Waals surface area contributed by atoms with Crippen molar-refractivity contribution in [2.45, 2.75) is 41.2 Å². The highest BCUT2D eigenvalue weighted by atomic mass is 15.0. The number of nitrogens with zero attached hydrogens (tertiary/aromatic N) is 2. The van der Waals surface area contributed by atoms with Crippen LogP contribution in [0.15, 0.2) is 18.3 Å². The first-order valence-electron chi connectivity index (χ1n) is 7.15. The predicted octanol–water partition coefficient (Wildman–Crippen LogP) is 3.49. The van der Waals surface area contributed by atoms with E-state index in [4.69, 9.17) is 4.98 Å². The maximum absolute atomic E-state index is 4.71. The van der Waals surface area contributed by atoms with Crippen LogP contribution in [-0.2, 0) is 6.54 Å². The fourth-order valence-electron chi connectivity index (χ4n) is 2.46. The van der Waals surface area contributed by atoms with E-state index in [2.05, 4.69) is 51.0 Å². The third-order valence-corrected chi connectivity index (χ3v) is 3.86. The van der Waals surface area contributed by atoms with Crippen molar-refractivity contribution in [1.82, 2.24) is 15.3 Å². The van der Waals surface area contributed by atoms with Crippen molar-refractivity contribution >= 4 is 0 Å². The molecular weight excluding hydrogens is 246 g/mol. The Hall–Kier alpha value is -1.74. The normalized spacial score (nSPS) is 10.8. The van der Waals surface area contributed by atoms with E-state index in [1.54, 1.807) is 0 Å². The Kier molecular flexibility index (Phi) is 4.50. The minimum Gasteiger partial charge on any atom is -0.310 e. The molecular formula is C17H23N3. The zero-order chi connectivity index (χ0) is 14.7. The maximum Gasteiger partial charge on any atom is 0.142 e. The van der Waals surface area contributed by atoms with Gasteiger partial charge in [-0.15, -0.1) is 0 Å². The number of aryl methyl sites for hydroxylation is 2. The highest BCUT2D eigenvalue weighted by Gasteiger charge is 2.12. The van der Waals surface area contributed by atoms with Crippen molar-refractivity contribution in [2.24, 2.45) is 0 Å². The molecule has 2 rings (SSSR count). The molecule has 0 bridgehead atoms. The molecule has 3 nitrogen and oxygen atoms in total. The van der Waals surface area contributed by atoms with Gasteiger partial charge in [-0.05, 0) is 62.6 Å². The number of hydrogen-bond acceptors (Lipinski definition) is 3. The van der Waals surface area contributed by atoms with Crippen molar-refractivity contribution < 1.29 is 0 Å². The van der Waals surface area contributed by atoms with Crippen LogP contribution < -0.4 is 5.32 Å².